The van der Waals surface area contributed by atoms with Crippen molar-refractivity contribution in [2.24, 2.45) is 0 Å². The number of carbonyl (C=O) groups excluding carboxylic acids is 1. The predicted molar refractivity (Wildman–Crippen MR) is 82.4 cm³/mol. The van der Waals surface area contributed by atoms with Crippen molar-refractivity contribution >= 4 is 17.8 Å². The SMILES string of the molecule is O=C(O)c1ccccc1C(=O)N[C@@H](Cc1ccccc1)C(=O)O. The third kappa shape index (κ3) is 4.16. The molecule has 118 valence electrons. The van der Waals surface area contributed by atoms with Gasteiger partial charge in [0.25, 0.3) is 5.91 Å². The lowest BCUT2D eigenvalue weighted by molar-refractivity contribution is -0.139. The molecule has 0 saturated heterocycles. The summed E-state index contributed by atoms with van der Waals surface area (Å²) < 4.78 is 0. The Bertz CT molecular complexity index is 727. The molecule has 0 aromatic heterocycles. The van der Waals surface area contributed by atoms with Crippen molar-refractivity contribution in [3.8, 4) is 0 Å². The zero-order valence-electron chi connectivity index (χ0n) is 12.1. The molecule has 6 heteroatoms. The number of aliphatic carboxylic acids is 1. The van der Waals surface area contributed by atoms with Crippen LogP contribution in [-0.2, 0) is 11.2 Å². The van der Waals surface area contributed by atoms with Crippen molar-refractivity contribution in [2.45, 2.75) is 12.5 Å². The van der Waals surface area contributed by atoms with E-state index in [1.807, 2.05) is 0 Å². The second-order valence-electron chi connectivity index (χ2n) is 4.90. The Morgan fingerprint density at radius 2 is 1.43 bits per heavy atom. The second-order valence-corrected chi connectivity index (χ2v) is 4.90. The van der Waals surface area contributed by atoms with Crippen molar-refractivity contribution in [1.82, 2.24) is 5.32 Å². The van der Waals surface area contributed by atoms with E-state index < -0.39 is 23.9 Å². The number of nitrogens with one attached hydrogen (secondary N) is 1. The van der Waals surface area contributed by atoms with Gasteiger partial charge in [-0.25, -0.2) is 9.59 Å². The third-order valence-corrected chi connectivity index (χ3v) is 3.29. The Morgan fingerprint density at radius 3 is 2.00 bits per heavy atom. The van der Waals surface area contributed by atoms with Gasteiger partial charge in [0, 0.05) is 6.42 Å². The van der Waals surface area contributed by atoms with Gasteiger partial charge in [0.15, 0.2) is 0 Å². The molecule has 0 spiro atoms. The number of amides is 1. The molecule has 0 aliphatic carbocycles. The normalized spacial score (nSPS) is 11.5. The molecule has 6 nitrogen and oxygen atoms in total. The lowest BCUT2D eigenvalue weighted by atomic mass is 10.0. The maximum Gasteiger partial charge on any atom is 0.336 e. The third-order valence-electron chi connectivity index (χ3n) is 3.29. The number of rotatable bonds is 6. The van der Waals surface area contributed by atoms with Crippen molar-refractivity contribution in [2.75, 3.05) is 0 Å². The number of hydrogen-bond acceptors (Lipinski definition) is 3. The van der Waals surface area contributed by atoms with E-state index in [2.05, 4.69) is 5.32 Å². The van der Waals surface area contributed by atoms with E-state index in [4.69, 9.17) is 5.11 Å². The van der Waals surface area contributed by atoms with Crippen LogP contribution in [0.3, 0.4) is 0 Å². The van der Waals surface area contributed by atoms with Crippen LogP contribution >= 0.6 is 0 Å². The Kier molecular flexibility index (Phi) is 5.09. The highest BCUT2D eigenvalue weighted by molar-refractivity contribution is 6.05. The summed E-state index contributed by atoms with van der Waals surface area (Å²) in [6.07, 6.45) is 0.108. The lowest BCUT2D eigenvalue weighted by Crippen LogP contribution is -2.42. The largest absolute Gasteiger partial charge is 0.480 e. The van der Waals surface area contributed by atoms with Crippen molar-refractivity contribution in [3.05, 3.63) is 71.3 Å². The fourth-order valence-electron chi connectivity index (χ4n) is 2.15. The van der Waals surface area contributed by atoms with Gasteiger partial charge in [0.1, 0.15) is 6.04 Å². The van der Waals surface area contributed by atoms with Crippen LogP contribution < -0.4 is 5.32 Å². The average Bonchev–Trinajstić information content (AvgIpc) is 2.55. The predicted octanol–water partition coefficient (Wildman–Crippen LogP) is 1.81. The zero-order valence-corrected chi connectivity index (χ0v) is 12.1. The molecule has 1 amide bonds. The molecule has 0 heterocycles. The van der Waals surface area contributed by atoms with Crippen LogP contribution in [0.1, 0.15) is 26.3 Å². The minimum Gasteiger partial charge on any atom is -0.480 e. The van der Waals surface area contributed by atoms with Gasteiger partial charge in [0.05, 0.1) is 11.1 Å². The van der Waals surface area contributed by atoms with Crippen molar-refractivity contribution < 1.29 is 24.6 Å². The van der Waals surface area contributed by atoms with Crippen LogP contribution in [0.5, 0.6) is 0 Å². The van der Waals surface area contributed by atoms with Gasteiger partial charge >= 0.3 is 11.9 Å². The van der Waals surface area contributed by atoms with Crippen LogP contribution in [0.2, 0.25) is 0 Å². The number of carboxylic acids is 2. The van der Waals surface area contributed by atoms with Gasteiger partial charge in [0.2, 0.25) is 0 Å². The van der Waals surface area contributed by atoms with Crippen molar-refractivity contribution in [3.63, 3.8) is 0 Å². The zero-order chi connectivity index (χ0) is 16.8. The Morgan fingerprint density at radius 1 is 0.870 bits per heavy atom. The molecular weight excluding hydrogens is 298 g/mol. The highest BCUT2D eigenvalue weighted by Gasteiger charge is 2.23. The smallest absolute Gasteiger partial charge is 0.336 e. The number of carbonyl (C=O) groups is 3. The van der Waals surface area contributed by atoms with E-state index in [1.54, 1.807) is 30.3 Å². The Hall–Kier alpha value is -3.15. The monoisotopic (exact) mass is 313 g/mol. The van der Waals surface area contributed by atoms with Gasteiger partial charge in [-0.15, -0.1) is 0 Å². The molecule has 23 heavy (non-hydrogen) atoms. The summed E-state index contributed by atoms with van der Waals surface area (Å²) in [5.74, 6) is -3.16. The summed E-state index contributed by atoms with van der Waals surface area (Å²) in [5.41, 5.74) is 0.514. The highest BCUT2D eigenvalue weighted by atomic mass is 16.4. The molecule has 2 aromatic rings. The van der Waals surface area contributed by atoms with E-state index in [0.29, 0.717) is 0 Å². The van der Waals surface area contributed by atoms with E-state index in [-0.39, 0.29) is 17.5 Å². The Labute approximate surface area is 132 Å². The second kappa shape index (κ2) is 7.22. The molecule has 0 saturated carbocycles. The van der Waals surface area contributed by atoms with Crippen LogP contribution in [0, 0.1) is 0 Å². The van der Waals surface area contributed by atoms with E-state index in [1.165, 1.54) is 24.3 Å². The minimum absolute atomic E-state index is 0.0701. The standard InChI is InChI=1S/C17H15NO5/c19-15(12-8-4-5-9-13(12)16(20)21)18-14(17(22)23)10-11-6-2-1-3-7-11/h1-9,14H,10H2,(H,18,19)(H,20,21)(H,22,23)/t14-/m0/s1. The van der Waals surface area contributed by atoms with Crippen LogP contribution in [0.15, 0.2) is 54.6 Å². The first-order valence-corrected chi connectivity index (χ1v) is 6.89. The Balaban J connectivity index is 2.19. The van der Waals surface area contributed by atoms with Gasteiger partial charge in [-0.2, -0.15) is 0 Å². The molecule has 2 aromatic carbocycles. The van der Waals surface area contributed by atoms with Crippen molar-refractivity contribution in [1.29, 1.82) is 0 Å². The molecule has 2 rings (SSSR count). The van der Waals surface area contributed by atoms with Gasteiger partial charge in [-0.3, -0.25) is 4.79 Å². The summed E-state index contributed by atoms with van der Waals surface area (Å²) >= 11 is 0. The average molecular weight is 313 g/mol. The number of carboxylic acid groups (broad SMARTS) is 2. The summed E-state index contributed by atoms with van der Waals surface area (Å²) in [6, 6.07) is 13.4. The number of benzene rings is 2. The van der Waals surface area contributed by atoms with Gasteiger partial charge in [-0.1, -0.05) is 42.5 Å². The molecule has 0 bridgehead atoms. The maximum absolute atomic E-state index is 12.2. The topological polar surface area (TPSA) is 104 Å². The first kappa shape index (κ1) is 16.2. The molecule has 0 aliphatic heterocycles. The quantitative estimate of drug-likeness (QED) is 0.754. The highest BCUT2D eigenvalue weighted by Crippen LogP contribution is 2.10. The molecule has 3 N–H and O–H groups in total. The summed E-state index contributed by atoms with van der Waals surface area (Å²) in [5, 5.41) is 20.7. The van der Waals surface area contributed by atoms with Crippen LogP contribution in [-0.4, -0.2) is 34.1 Å². The van der Waals surface area contributed by atoms with E-state index in [0.717, 1.165) is 5.56 Å². The molecule has 0 unspecified atom stereocenters. The summed E-state index contributed by atoms with van der Waals surface area (Å²) in [4.78, 5) is 34.7. The van der Waals surface area contributed by atoms with Gasteiger partial charge in [-0.05, 0) is 17.7 Å². The molecule has 1 atom stereocenters. The van der Waals surface area contributed by atoms with E-state index >= 15 is 0 Å². The van der Waals surface area contributed by atoms with Crippen LogP contribution in [0.25, 0.3) is 0 Å². The van der Waals surface area contributed by atoms with Crippen LogP contribution in [0.4, 0.5) is 0 Å². The summed E-state index contributed by atoms with van der Waals surface area (Å²) in [7, 11) is 0. The summed E-state index contributed by atoms with van der Waals surface area (Å²) in [6.45, 7) is 0. The molecule has 0 fully saturated rings. The van der Waals surface area contributed by atoms with Gasteiger partial charge < -0.3 is 15.5 Å². The fraction of sp³-hybridized carbons (Fsp3) is 0.118. The lowest BCUT2D eigenvalue weighted by Gasteiger charge is -2.15. The number of hydrogen-bond donors (Lipinski definition) is 3. The molecule has 0 aliphatic rings. The van der Waals surface area contributed by atoms with E-state index in [9.17, 15) is 19.5 Å². The maximum atomic E-state index is 12.2. The number of aromatic carboxylic acids is 1. The minimum atomic E-state index is -1.24. The fourth-order valence-corrected chi connectivity index (χ4v) is 2.15. The molecule has 0 radical (unpaired) electrons. The first-order chi connectivity index (χ1) is 11.0. The molecular formula is C17H15NO5. The first-order valence-electron chi connectivity index (χ1n) is 6.89.